The summed E-state index contributed by atoms with van der Waals surface area (Å²) in [6.07, 6.45) is 1.84. The lowest BCUT2D eigenvalue weighted by atomic mass is 10.1. The summed E-state index contributed by atoms with van der Waals surface area (Å²) in [7, 11) is 0. The molecule has 3 rings (SSSR count). The van der Waals surface area contributed by atoms with Gasteiger partial charge in [0.2, 0.25) is 0 Å². The lowest BCUT2D eigenvalue weighted by molar-refractivity contribution is 0.962. The minimum atomic E-state index is -0.222. The Kier molecular flexibility index (Phi) is 5.31. The van der Waals surface area contributed by atoms with Crippen LogP contribution in [0.2, 0.25) is 0 Å². The summed E-state index contributed by atoms with van der Waals surface area (Å²) >= 11 is 1.18. The highest BCUT2D eigenvalue weighted by atomic mass is 32.1. The maximum atomic E-state index is 13.3. The Morgan fingerprint density at radius 2 is 1.64 bits per heavy atom. The van der Waals surface area contributed by atoms with Gasteiger partial charge in [0.25, 0.3) is 5.56 Å². The Hall–Kier alpha value is -3.41. The number of thiazole rings is 1. The number of benzene rings is 2. The van der Waals surface area contributed by atoms with E-state index >= 15 is 0 Å². The molecule has 138 valence electrons. The van der Waals surface area contributed by atoms with Gasteiger partial charge >= 0.3 is 0 Å². The molecule has 0 saturated carbocycles. The fraction of sp³-hybridized carbons (Fsp3) is 0.174. The van der Waals surface area contributed by atoms with Crippen molar-refractivity contribution >= 4 is 23.0 Å². The van der Waals surface area contributed by atoms with Gasteiger partial charge in [-0.3, -0.25) is 9.36 Å². The van der Waals surface area contributed by atoms with Gasteiger partial charge in [-0.2, -0.15) is 10.5 Å². The number of rotatable bonds is 2. The molecule has 3 aromatic rings. The molecular formula is C23H19N3OS. The van der Waals surface area contributed by atoms with Gasteiger partial charge in [0, 0.05) is 0 Å². The highest BCUT2D eigenvalue weighted by Crippen LogP contribution is 2.16. The third-order valence-electron chi connectivity index (χ3n) is 4.64. The Balaban J connectivity index is 2.47. The molecule has 0 amide bonds. The molecule has 1 aromatic heterocycles. The van der Waals surface area contributed by atoms with Crippen LogP contribution in [0.1, 0.15) is 27.8 Å². The minimum absolute atomic E-state index is 0.0648. The average molecular weight is 385 g/mol. The zero-order valence-electron chi connectivity index (χ0n) is 16.2. The van der Waals surface area contributed by atoms with Crippen LogP contribution in [0.25, 0.3) is 17.3 Å². The molecule has 5 heteroatoms. The fourth-order valence-corrected chi connectivity index (χ4v) is 4.29. The van der Waals surface area contributed by atoms with Gasteiger partial charge in [0.1, 0.15) is 16.8 Å². The van der Waals surface area contributed by atoms with Crippen LogP contribution in [0, 0.1) is 50.4 Å². The molecule has 0 bridgehead atoms. The molecule has 4 nitrogen and oxygen atoms in total. The average Bonchev–Trinajstić information content (AvgIpc) is 2.95. The molecule has 0 atom stereocenters. The summed E-state index contributed by atoms with van der Waals surface area (Å²) in [6, 6.07) is 15.7. The molecule has 0 aliphatic heterocycles. The predicted octanol–water partition coefficient (Wildman–Crippen LogP) is 3.16. The number of para-hydroxylation sites is 1. The van der Waals surface area contributed by atoms with Crippen molar-refractivity contribution in [1.82, 2.24) is 4.57 Å². The van der Waals surface area contributed by atoms with Crippen molar-refractivity contribution in [3.05, 3.63) is 83.8 Å². The van der Waals surface area contributed by atoms with Gasteiger partial charge in [0.05, 0.1) is 10.2 Å². The lowest BCUT2D eigenvalue weighted by Gasteiger charge is -2.10. The first-order valence-corrected chi connectivity index (χ1v) is 9.61. The van der Waals surface area contributed by atoms with Crippen molar-refractivity contribution in [2.24, 2.45) is 0 Å². The number of aromatic nitrogens is 1. The zero-order valence-corrected chi connectivity index (χ0v) is 17.0. The van der Waals surface area contributed by atoms with Crippen molar-refractivity contribution in [3.63, 3.8) is 0 Å². The predicted molar refractivity (Wildman–Crippen MR) is 113 cm³/mol. The van der Waals surface area contributed by atoms with Gasteiger partial charge in [-0.1, -0.05) is 42.0 Å². The monoisotopic (exact) mass is 385 g/mol. The second-order valence-electron chi connectivity index (χ2n) is 6.76. The maximum Gasteiger partial charge on any atom is 0.273 e. The normalized spacial score (nSPS) is 11.1. The standard InChI is InChI=1S/C23H19N3OS/c1-14-8-9-18(17(4)10-14)11-20-22(27)26(23(28-20)19(12-24)13-25)21-15(2)6-5-7-16(21)3/h5-11H,1-4H3/b20-11-. The summed E-state index contributed by atoms with van der Waals surface area (Å²) < 4.78 is 2.36. The molecule has 0 aliphatic rings. The number of hydrogen-bond acceptors (Lipinski definition) is 4. The first kappa shape index (κ1) is 19.4. The van der Waals surface area contributed by atoms with Crippen molar-refractivity contribution < 1.29 is 0 Å². The first-order chi connectivity index (χ1) is 13.4. The summed E-state index contributed by atoms with van der Waals surface area (Å²) in [5, 5.41) is 18.9. The molecule has 0 saturated heterocycles. The number of nitrogens with zero attached hydrogens (tertiary/aromatic N) is 3. The van der Waals surface area contributed by atoms with E-state index in [0.29, 0.717) is 9.20 Å². The fourth-order valence-electron chi connectivity index (χ4n) is 3.26. The van der Waals surface area contributed by atoms with Crippen LogP contribution >= 0.6 is 11.3 Å². The molecule has 0 N–H and O–H groups in total. The van der Waals surface area contributed by atoms with Crippen LogP contribution in [0.15, 0.2) is 41.2 Å². The summed E-state index contributed by atoms with van der Waals surface area (Å²) in [6.45, 7) is 7.86. The number of aryl methyl sites for hydroxylation is 4. The van der Waals surface area contributed by atoms with E-state index in [9.17, 15) is 15.3 Å². The Morgan fingerprint density at radius 1 is 1.00 bits per heavy atom. The lowest BCUT2D eigenvalue weighted by Crippen LogP contribution is -2.31. The van der Waals surface area contributed by atoms with E-state index in [1.165, 1.54) is 15.9 Å². The van der Waals surface area contributed by atoms with Crippen molar-refractivity contribution in [2.45, 2.75) is 27.7 Å². The summed E-state index contributed by atoms with van der Waals surface area (Å²) in [4.78, 5) is 13.3. The molecule has 0 spiro atoms. The number of nitriles is 2. The van der Waals surface area contributed by atoms with E-state index in [0.717, 1.165) is 33.5 Å². The Morgan fingerprint density at radius 3 is 2.21 bits per heavy atom. The maximum absolute atomic E-state index is 13.3. The van der Waals surface area contributed by atoms with Crippen molar-refractivity contribution in [3.8, 4) is 17.8 Å². The van der Waals surface area contributed by atoms with Crippen LogP contribution in [-0.2, 0) is 0 Å². The second kappa shape index (κ2) is 7.68. The van der Waals surface area contributed by atoms with Crippen molar-refractivity contribution in [1.29, 1.82) is 10.5 Å². The van der Waals surface area contributed by atoms with Gasteiger partial charge in [-0.25, -0.2) is 0 Å². The highest BCUT2D eigenvalue weighted by molar-refractivity contribution is 7.07. The molecule has 0 fully saturated rings. The first-order valence-electron chi connectivity index (χ1n) is 8.79. The van der Waals surface area contributed by atoms with E-state index in [1.807, 2.05) is 76.2 Å². The van der Waals surface area contributed by atoms with Gasteiger partial charge in [-0.05, 0) is 56.0 Å². The Labute approximate surface area is 167 Å². The van der Waals surface area contributed by atoms with E-state index in [-0.39, 0.29) is 11.1 Å². The SMILES string of the molecule is Cc1ccc(/C=c2\sc(=C(C#N)C#N)n(-c3c(C)cccc3C)c2=O)c(C)c1. The molecule has 1 heterocycles. The van der Waals surface area contributed by atoms with E-state index < -0.39 is 0 Å². The number of hydrogen-bond donors (Lipinski definition) is 0. The van der Waals surface area contributed by atoms with Gasteiger partial charge < -0.3 is 0 Å². The smallest absolute Gasteiger partial charge is 0.267 e. The second-order valence-corrected chi connectivity index (χ2v) is 7.79. The van der Waals surface area contributed by atoms with Crippen LogP contribution in [0.3, 0.4) is 0 Å². The van der Waals surface area contributed by atoms with Gasteiger partial charge in [0.15, 0.2) is 5.57 Å². The largest absolute Gasteiger partial charge is 0.273 e. The topological polar surface area (TPSA) is 69.6 Å². The van der Waals surface area contributed by atoms with Gasteiger partial charge in [-0.15, -0.1) is 11.3 Å². The van der Waals surface area contributed by atoms with Crippen LogP contribution < -0.4 is 14.8 Å². The molecule has 0 aliphatic carbocycles. The molecule has 28 heavy (non-hydrogen) atoms. The third kappa shape index (κ3) is 3.41. The quantitative estimate of drug-likeness (QED) is 0.680. The van der Waals surface area contributed by atoms with Crippen LogP contribution in [0.5, 0.6) is 0 Å². The minimum Gasteiger partial charge on any atom is -0.267 e. The molecule has 0 unspecified atom stereocenters. The van der Waals surface area contributed by atoms with Crippen LogP contribution in [0.4, 0.5) is 0 Å². The van der Waals surface area contributed by atoms with E-state index in [1.54, 1.807) is 0 Å². The van der Waals surface area contributed by atoms with E-state index in [2.05, 4.69) is 6.07 Å². The molecular weight excluding hydrogens is 366 g/mol. The molecule has 0 radical (unpaired) electrons. The Bertz CT molecular complexity index is 1310. The van der Waals surface area contributed by atoms with Crippen LogP contribution in [-0.4, -0.2) is 4.57 Å². The van der Waals surface area contributed by atoms with Crippen molar-refractivity contribution in [2.75, 3.05) is 0 Å². The third-order valence-corrected chi connectivity index (χ3v) is 5.73. The van der Waals surface area contributed by atoms with E-state index in [4.69, 9.17) is 0 Å². The molecule has 2 aromatic carbocycles. The highest BCUT2D eigenvalue weighted by Gasteiger charge is 2.14. The zero-order chi connectivity index (χ0) is 20.4. The summed E-state index contributed by atoms with van der Waals surface area (Å²) in [5.41, 5.74) is 5.42. The summed E-state index contributed by atoms with van der Waals surface area (Å²) in [5.74, 6) is 0.